The van der Waals surface area contributed by atoms with Gasteiger partial charge in [0, 0.05) is 42.4 Å². The molecular weight excluding hydrogens is 286 g/mol. The molecule has 1 aromatic rings. The number of rotatable bonds is 2. The van der Waals surface area contributed by atoms with Crippen molar-refractivity contribution in [3.8, 4) is 0 Å². The summed E-state index contributed by atoms with van der Waals surface area (Å²) in [5.74, 6) is 0.740. The first-order valence-corrected chi connectivity index (χ1v) is 8.79. The second kappa shape index (κ2) is 5.38. The van der Waals surface area contributed by atoms with Crippen LogP contribution < -0.4 is 5.73 Å². The number of carbonyl (C=O) groups is 1. The maximum absolute atomic E-state index is 12.4. The fraction of sp³-hybridized carbons (Fsp3) is 0.455. The molecule has 1 aliphatic heterocycles. The lowest BCUT2D eigenvalue weighted by atomic mass is 10.2. The summed E-state index contributed by atoms with van der Waals surface area (Å²) >= 11 is 1.53. The third-order valence-electron chi connectivity index (χ3n) is 2.92. The number of nitrogens with two attached hydrogens (primary N) is 1. The second-order valence-corrected chi connectivity index (χ2v) is 7.67. The summed E-state index contributed by atoms with van der Waals surface area (Å²) in [5.41, 5.74) is 6.30. The Morgan fingerprint density at radius 1 is 1.58 bits per heavy atom. The predicted molar refractivity (Wildman–Crippen MR) is 75.6 cm³/mol. The van der Waals surface area contributed by atoms with E-state index in [1.54, 1.807) is 0 Å². The van der Waals surface area contributed by atoms with Crippen molar-refractivity contribution in [2.75, 3.05) is 30.0 Å². The first-order chi connectivity index (χ1) is 8.91. The molecule has 104 valence electrons. The number of nitrogen functional groups attached to an aromatic ring is 1. The Morgan fingerprint density at radius 2 is 2.32 bits per heavy atom. The molecule has 1 aromatic heterocycles. The molecule has 6 nitrogen and oxygen atoms in total. The smallest absolute Gasteiger partial charge is 0.258 e. The van der Waals surface area contributed by atoms with Crippen LogP contribution in [0, 0.1) is 0 Å². The summed E-state index contributed by atoms with van der Waals surface area (Å²) in [7, 11) is -3.32. The molecule has 0 radical (unpaired) electrons. The normalized spacial score (nSPS) is 20.3. The molecule has 0 aromatic carbocycles. The van der Waals surface area contributed by atoms with E-state index >= 15 is 0 Å². The number of aromatic nitrogens is 1. The summed E-state index contributed by atoms with van der Waals surface area (Å²) in [6.07, 6.45) is 4.02. The molecule has 1 saturated heterocycles. The molecule has 0 bridgehead atoms. The van der Waals surface area contributed by atoms with Gasteiger partial charge in [-0.05, 0) is 6.07 Å². The van der Waals surface area contributed by atoms with Crippen LogP contribution in [-0.2, 0) is 9.84 Å². The number of sulfone groups is 1. The van der Waals surface area contributed by atoms with Gasteiger partial charge in [0.05, 0.1) is 5.56 Å². The molecular formula is C11H15N3O3S2. The lowest BCUT2D eigenvalue weighted by molar-refractivity contribution is 0.0750. The monoisotopic (exact) mass is 301 g/mol. The van der Waals surface area contributed by atoms with Crippen molar-refractivity contribution in [3.63, 3.8) is 0 Å². The van der Waals surface area contributed by atoms with Gasteiger partial charge >= 0.3 is 0 Å². The number of pyridine rings is 1. The average Bonchev–Trinajstić information content (AvgIpc) is 2.37. The molecule has 1 unspecified atom stereocenters. The van der Waals surface area contributed by atoms with Crippen molar-refractivity contribution in [3.05, 3.63) is 24.0 Å². The van der Waals surface area contributed by atoms with Crippen LogP contribution in [0.4, 0.5) is 5.69 Å². The Balaban J connectivity index is 2.34. The van der Waals surface area contributed by atoms with Crippen molar-refractivity contribution in [2.24, 2.45) is 0 Å². The van der Waals surface area contributed by atoms with Gasteiger partial charge in [0.15, 0.2) is 9.84 Å². The number of carbonyl (C=O) groups excluding carboxylic acids is 1. The summed E-state index contributed by atoms with van der Waals surface area (Å²) < 4.78 is 23.5. The van der Waals surface area contributed by atoms with Crippen molar-refractivity contribution in [2.45, 2.75) is 5.37 Å². The molecule has 19 heavy (non-hydrogen) atoms. The zero-order valence-corrected chi connectivity index (χ0v) is 12.1. The van der Waals surface area contributed by atoms with Crippen LogP contribution in [-0.4, -0.2) is 53.9 Å². The standard InChI is InChI=1S/C11H15N3O3S2/c1-19(16,17)10-7-18-5-4-14(10)11(15)8-6-13-3-2-9(8)12/h2-3,6,10H,4-5,7H2,1H3,(H2,12,13). The highest BCUT2D eigenvalue weighted by molar-refractivity contribution is 8.00. The number of nitrogens with zero attached hydrogens (tertiary/aromatic N) is 2. The van der Waals surface area contributed by atoms with Gasteiger partial charge < -0.3 is 10.6 Å². The molecule has 0 saturated carbocycles. The minimum absolute atomic E-state index is 0.253. The van der Waals surface area contributed by atoms with E-state index in [0.29, 0.717) is 18.0 Å². The van der Waals surface area contributed by atoms with E-state index in [2.05, 4.69) is 4.98 Å². The number of amides is 1. The number of thioether (sulfide) groups is 1. The lowest BCUT2D eigenvalue weighted by Crippen LogP contribution is -2.50. The fourth-order valence-electron chi connectivity index (χ4n) is 1.91. The van der Waals surface area contributed by atoms with Gasteiger partial charge in [-0.15, -0.1) is 0 Å². The molecule has 1 aliphatic rings. The van der Waals surface area contributed by atoms with Gasteiger partial charge in [0.2, 0.25) is 0 Å². The Bertz CT molecular complexity index is 589. The van der Waals surface area contributed by atoms with Crippen LogP contribution in [0.25, 0.3) is 0 Å². The first-order valence-electron chi connectivity index (χ1n) is 5.68. The van der Waals surface area contributed by atoms with Crippen molar-refractivity contribution in [1.82, 2.24) is 9.88 Å². The molecule has 1 atom stereocenters. The minimum Gasteiger partial charge on any atom is -0.398 e. The van der Waals surface area contributed by atoms with Gasteiger partial charge in [0.25, 0.3) is 5.91 Å². The van der Waals surface area contributed by atoms with Crippen LogP contribution >= 0.6 is 11.8 Å². The Labute approximate surface area is 116 Å². The van der Waals surface area contributed by atoms with Gasteiger partial charge in [-0.2, -0.15) is 11.8 Å². The SMILES string of the molecule is CS(=O)(=O)C1CSCCN1C(=O)c1cnccc1N. The van der Waals surface area contributed by atoms with E-state index in [1.807, 2.05) is 0 Å². The maximum Gasteiger partial charge on any atom is 0.258 e. The van der Waals surface area contributed by atoms with E-state index in [-0.39, 0.29) is 11.5 Å². The molecule has 0 spiro atoms. The Morgan fingerprint density at radius 3 is 2.95 bits per heavy atom. The van der Waals surface area contributed by atoms with E-state index in [0.717, 1.165) is 12.0 Å². The van der Waals surface area contributed by atoms with E-state index < -0.39 is 15.2 Å². The number of hydrogen-bond acceptors (Lipinski definition) is 6. The summed E-state index contributed by atoms with van der Waals surface area (Å²) in [5, 5.41) is -0.793. The fourth-order valence-corrected chi connectivity index (χ4v) is 4.72. The van der Waals surface area contributed by atoms with Crippen LogP contribution in [0.3, 0.4) is 0 Å². The summed E-state index contributed by atoms with van der Waals surface area (Å²) in [6.45, 7) is 0.398. The zero-order valence-electron chi connectivity index (χ0n) is 10.4. The molecule has 1 amide bonds. The molecule has 2 N–H and O–H groups in total. The third-order valence-corrected chi connectivity index (χ3v) is 5.57. The van der Waals surface area contributed by atoms with Crippen LogP contribution in [0.2, 0.25) is 0 Å². The van der Waals surface area contributed by atoms with Crippen LogP contribution in [0.1, 0.15) is 10.4 Å². The first kappa shape index (κ1) is 14.1. The van der Waals surface area contributed by atoms with Gasteiger partial charge in [-0.3, -0.25) is 9.78 Å². The molecule has 8 heteroatoms. The molecule has 2 heterocycles. The number of anilines is 1. The topological polar surface area (TPSA) is 93.4 Å². The average molecular weight is 301 g/mol. The number of hydrogen-bond donors (Lipinski definition) is 1. The minimum atomic E-state index is -3.32. The highest BCUT2D eigenvalue weighted by Gasteiger charge is 2.35. The summed E-state index contributed by atoms with van der Waals surface area (Å²) in [6, 6.07) is 1.53. The van der Waals surface area contributed by atoms with Crippen LogP contribution in [0.15, 0.2) is 18.5 Å². The van der Waals surface area contributed by atoms with Gasteiger partial charge in [-0.1, -0.05) is 0 Å². The molecule has 2 rings (SSSR count). The Hall–Kier alpha value is -1.28. The van der Waals surface area contributed by atoms with E-state index in [4.69, 9.17) is 5.73 Å². The quantitative estimate of drug-likeness (QED) is 0.840. The second-order valence-electron chi connectivity index (χ2n) is 4.32. The van der Waals surface area contributed by atoms with Crippen molar-refractivity contribution < 1.29 is 13.2 Å². The molecule has 1 fully saturated rings. The highest BCUT2D eigenvalue weighted by Crippen LogP contribution is 2.23. The zero-order chi connectivity index (χ0) is 14.0. The lowest BCUT2D eigenvalue weighted by Gasteiger charge is -2.34. The largest absolute Gasteiger partial charge is 0.398 e. The van der Waals surface area contributed by atoms with Crippen LogP contribution in [0.5, 0.6) is 0 Å². The van der Waals surface area contributed by atoms with Crippen molar-refractivity contribution >= 4 is 33.2 Å². The van der Waals surface area contributed by atoms with Gasteiger partial charge in [0.1, 0.15) is 5.37 Å². The maximum atomic E-state index is 12.4. The summed E-state index contributed by atoms with van der Waals surface area (Å²) in [4.78, 5) is 17.7. The van der Waals surface area contributed by atoms with Crippen molar-refractivity contribution in [1.29, 1.82) is 0 Å². The van der Waals surface area contributed by atoms with E-state index in [1.165, 1.54) is 35.1 Å². The highest BCUT2D eigenvalue weighted by atomic mass is 32.2. The Kier molecular flexibility index (Phi) is 4.00. The van der Waals surface area contributed by atoms with Gasteiger partial charge in [-0.25, -0.2) is 8.42 Å². The third kappa shape index (κ3) is 3.01. The molecule has 0 aliphatic carbocycles. The van der Waals surface area contributed by atoms with E-state index in [9.17, 15) is 13.2 Å². The predicted octanol–water partition coefficient (Wildman–Crippen LogP) is 0.223.